The zero-order valence-corrected chi connectivity index (χ0v) is 21.6. The third-order valence-corrected chi connectivity index (χ3v) is 6.42. The second-order valence-corrected chi connectivity index (χ2v) is 9.58. The highest BCUT2D eigenvalue weighted by Crippen LogP contribution is 2.32. The number of hydrogen-bond acceptors (Lipinski definition) is 6. The molecule has 190 valence electrons. The molecule has 0 saturated carbocycles. The Kier molecular flexibility index (Phi) is 10.4. The predicted molar refractivity (Wildman–Crippen MR) is 141 cm³/mol. The Labute approximate surface area is 216 Å². The van der Waals surface area contributed by atoms with Crippen LogP contribution >= 0.6 is 11.8 Å². The summed E-state index contributed by atoms with van der Waals surface area (Å²) in [5.74, 6) is 2.40. The molecule has 0 heterocycles. The molecule has 0 amide bonds. The highest BCUT2D eigenvalue weighted by Gasteiger charge is 2.19. The van der Waals surface area contributed by atoms with Gasteiger partial charge in [-0.05, 0) is 79.1 Å². The van der Waals surface area contributed by atoms with Crippen LogP contribution in [0.1, 0.15) is 50.0 Å². The van der Waals surface area contributed by atoms with Gasteiger partial charge in [-0.3, -0.25) is 9.59 Å². The number of aryl methyl sites for hydroxylation is 1. The second kappa shape index (κ2) is 13.7. The molecule has 0 aliphatic heterocycles. The summed E-state index contributed by atoms with van der Waals surface area (Å²) in [4.78, 5) is 23.3. The molecule has 36 heavy (non-hydrogen) atoms. The predicted octanol–water partition coefficient (Wildman–Crippen LogP) is 7.33. The maximum Gasteiger partial charge on any atom is 0.186 e. The van der Waals surface area contributed by atoms with Gasteiger partial charge in [0.2, 0.25) is 0 Å². The first-order chi connectivity index (χ1) is 17.4. The van der Waals surface area contributed by atoms with E-state index < -0.39 is 5.25 Å². The van der Waals surface area contributed by atoms with Crippen molar-refractivity contribution in [3.05, 3.63) is 83.7 Å². The fourth-order valence-corrected chi connectivity index (χ4v) is 4.38. The average molecular weight is 511 g/mol. The lowest BCUT2D eigenvalue weighted by molar-refractivity contribution is -0.117. The van der Waals surface area contributed by atoms with Crippen molar-refractivity contribution in [1.82, 2.24) is 0 Å². The Bertz CT molecular complexity index is 1150. The van der Waals surface area contributed by atoms with Crippen LogP contribution in [0.5, 0.6) is 23.0 Å². The van der Waals surface area contributed by atoms with E-state index in [1.54, 1.807) is 12.1 Å². The first-order valence-electron chi connectivity index (χ1n) is 11.9. The van der Waals surface area contributed by atoms with Gasteiger partial charge in [0.1, 0.15) is 34.6 Å². The van der Waals surface area contributed by atoms with Gasteiger partial charge in [0.15, 0.2) is 5.12 Å². The number of rotatable bonds is 13. The van der Waals surface area contributed by atoms with Crippen LogP contribution < -0.4 is 14.2 Å². The summed E-state index contributed by atoms with van der Waals surface area (Å²) in [6.45, 7) is 6.03. The Hall–Kier alpha value is -3.32. The first-order valence-corrected chi connectivity index (χ1v) is 12.8. The molecule has 0 N–H and O–H groups in total. The molecule has 0 spiro atoms. The Morgan fingerprint density at radius 3 is 2.14 bits per heavy atom. The quantitative estimate of drug-likeness (QED) is 0.224. The molecular formula is C29H31FO5S. The Balaban J connectivity index is 1.49. The van der Waals surface area contributed by atoms with Gasteiger partial charge in [-0.2, -0.15) is 0 Å². The number of benzene rings is 3. The van der Waals surface area contributed by atoms with E-state index in [0.29, 0.717) is 36.9 Å². The minimum absolute atomic E-state index is 0.0569. The lowest BCUT2D eigenvalue weighted by Gasteiger charge is -2.14. The average Bonchev–Trinajstić information content (AvgIpc) is 2.85. The number of carbonyl (C=O) groups is 2. The molecule has 3 aromatic rings. The van der Waals surface area contributed by atoms with Gasteiger partial charge in [-0.25, -0.2) is 4.39 Å². The molecular weight excluding hydrogens is 479 g/mol. The summed E-state index contributed by atoms with van der Waals surface area (Å²) in [6.07, 6.45) is 2.50. The van der Waals surface area contributed by atoms with Gasteiger partial charge in [-0.15, -0.1) is 0 Å². The molecule has 0 fully saturated rings. The van der Waals surface area contributed by atoms with Crippen LogP contribution in [0.15, 0.2) is 66.7 Å². The van der Waals surface area contributed by atoms with Gasteiger partial charge in [0, 0.05) is 13.3 Å². The number of hydrogen-bond donors (Lipinski definition) is 0. The van der Waals surface area contributed by atoms with Crippen molar-refractivity contribution >= 4 is 22.7 Å². The summed E-state index contributed by atoms with van der Waals surface area (Å²) in [6, 6.07) is 18.9. The fraction of sp³-hybridized carbons (Fsp3) is 0.310. The number of carbonyl (C=O) groups excluding carboxylic acids is 2. The van der Waals surface area contributed by atoms with E-state index in [0.717, 1.165) is 41.5 Å². The summed E-state index contributed by atoms with van der Waals surface area (Å²) < 4.78 is 30.8. The summed E-state index contributed by atoms with van der Waals surface area (Å²) in [5.41, 5.74) is 1.84. The van der Waals surface area contributed by atoms with Crippen molar-refractivity contribution in [2.24, 2.45) is 0 Å². The Morgan fingerprint density at radius 2 is 1.50 bits per heavy atom. The van der Waals surface area contributed by atoms with E-state index in [4.69, 9.17) is 14.2 Å². The molecule has 3 aromatic carbocycles. The molecule has 0 radical (unpaired) electrons. The van der Waals surface area contributed by atoms with Gasteiger partial charge in [0.05, 0.1) is 18.5 Å². The lowest BCUT2D eigenvalue weighted by atomic mass is 10.1. The second-order valence-electron chi connectivity index (χ2n) is 8.30. The zero-order valence-electron chi connectivity index (χ0n) is 20.8. The number of Topliss-reactive ketones (excluding diaryl/α,β-unsaturated/α-hetero) is 1. The number of halogens is 1. The summed E-state index contributed by atoms with van der Waals surface area (Å²) in [5, 5.41) is -0.581. The summed E-state index contributed by atoms with van der Waals surface area (Å²) >= 11 is 1.03. The van der Waals surface area contributed by atoms with E-state index in [9.17, 15) is 14.0 Å². The highest BCUT2D eigenvalue weighted by molar-refractivity contribution is 8.14. The van der Waals surface area contributed by atoms with Crippen LogP contribution in [0, 0.1) is 5.82 Å². The monoisotopic (exact) mass is 510 g/mol. The van der Waals surface area contributed by atoms with Crippen molar-refractivity contribution in [2.75, 3.05) is 13.2 Å². The normalized spacial score (nSPS) is 11.6. The standard InChI is InChI=1S/C29H31FO5S/c1-4-6-23-19-27(35-26-13-9-24(30)10-14-26)15-16-28(23)34-18-5-17-33-25-11-7-22(8-12-25)29(20(2)31)36-21(3)32/h7-16,19,29H,4-6,17-18H2,1-3H3. The molecule has 0 saturated heterocycles. The zero-order chi connectivity index (χ0) is 25.9. The number of ether oxygens (including phenoxy) is 3. The Morgan fingerprint density at radius 1 is 0.861 bits per heavy atom. The van der Waals surface area contributed by atoms with Crippen molar-refractivity contribution in [3.8, 4) is 23.0 Å². The van der Waals surface area contributed by atoms with E-state index in [1.807, 2.05) is 42.5 Å². The smallest absolute Gasteiger partial charge is 0.186 e. The van der Waals surface area contributed by atoms with Crippen LogP contribution in [0.3, 0.4) is 0 Å². The molecule has 3 rings (SSSR count). The van der Waals surface area contributed by atoms with E-state index in [1.165, 1.54) is 26.0 Å². The molecule has 0 aromatic heterocycles. The summed E-state index contributed by atoms with van der Waals surface area (Å²) in [7, 11) is 0. The third-order valence-electron chi connectivity index (χ3n) is 5.25. The SMILES string of the molecule is CCCc1cc(Oc2ccc(F)cc2)ccc1OCCCOc1ccc(C(SC(C)=O)C(C)=O)cc1. The number of thioether (sulfide) groups is 1. The van der Waals surface area contributed by atoms with Crippen molar-refractivity contribution < 1.29 is 28.2 Å². The topological polar surface area (TPSA) is 61.8 Å². The minimum Gasteiger partial charge on any atom is -0.493 e. The highest BCUT2D eigenvalue weighted by atomic mass is 32.2. The maximum absolute atomic E-state index is 13.1. The first kappa shape index (κ1) is 27.3. The van der Waals surface area contributed by atoms with Crippen LogP contribution in [-0.4, -0.2) is 24.1 Å². The number of ketones is 1. The van der Waals surface area contributed by atoms with Crippen LogP contribution in [-0.2, 0) is 16.0 Å². The molecule has 0 aliphatic rings. The van der Waals surface area contributed by atoms with Gasteiger partial charge < -0.3 is 14.2 Å². The fourth-order valence-electron chi connectivity index (χ4n) is 3.59. The molecule has 1 atom stereocenters. The van der Waals surface area contributed by atoms with Gasteiger partial charge in [-0.1, -0.05) is 37.2 Å². The molecule has 0 bridgehead atoms. The van der Waals surface area contributed by atoms with E-state index in [2.05, 4.69) is 6.92 Å². The molecule has 5 nitrogen and oxygen atoms in total. The van der Waals surface area contributed by atoms with Crippen molar-refractivity contribution in [1.29, 1.82) is 0 Å². The minimum atomic E-state index is -0.491. The largest absolute Gasteiger partial charge is 0.493 e. The van der Waals surface area contributed by atoms with Crippen LogP contribution in [0.25, 0.3) is 0 Å². The maximum atomic E-state index is 13.1. The van der Waals surface area contributed by atoms with Crippen LogP contribution in [0.2, 0.25) is 0 Å². The van der Waals surface area contributed by atoms with Gasteiger partial charge in [0.25, 0.3) is 0 Å². The third kappa shape index (κ3) is 8.41. The lowest BCUT2D eigenvalue weighted by Crippen LogP contribution is -2.08. The molecule has 0 aliphatic carbocycles. The molecule has 1 unspecified atom stereocenters. The van der Waals surface area contributed by atoms with Crippen molar-refractivity contribution in [2.45, 2.75) is 45.3 Å². The van der Waals surface area contributed by atoms with Crippen molar-refractivity contribution in [3.63, 3.8) is 0 Å². The van der Waals surface area contributed by atoms with E-state index >= 15 is 0 Å². The van der Waals surface area contributed by atoms with E-state index in [-0.39, 0.29) is 16.7 Å². The molecule has 7 heteroatoms. The van der Waals surface area contributed by atoms with Gasteiger partial charge >= 0.3 is 0 Å². The van der Waals surface area contributed by atoms with Crippen LogP contribution in [0.4, 0.5) is 4.39 Å².